The van der Waals surface area contributed by atoms with Gasteiger partial charge < -0.3 is 10.6 Å². The third-order valence-electron chi connectivity index (χ3n) is 4.12. The highest BCUT2D eigenvalue weighted by Crippen LogP contribution is 2.21. The summed E-state index contributed by atoms with van der Waals surface area (Å²) >= 11 is 1.66. The lowest BCUT2D eigenvalue weighted by atomic mass is 10.1. The fourth-order valence-corrected chi connectivity index (χ4v) is 3.36. The Morgan fingerprint density at radius 1 is 0.926 bits per heavy atom. The second-order valence-corrected chi connectivity index (χ2v) is 7.52. The van der Waals surface area contributed by atoms with Crippen molar-refractivity contribution in [2.75, 3.05) is 18.8 Å². The number of hydrogen-bond donors (Lipinski definition) is 2. The fraction of sp³-hybridized carbons (Fsp3) is 0.333. The van der Waals surface area contributed by atoms with Gasteiger partial charge in [0, 0.05) is 30.2 Å². The summed E-state index contributed by atoms with van der Waals surface area (Å²) in [5, 5.41) is 5.54. The second kappa shape index (κ2) is 10.7. The van der Waals surface area contributed by atoms with Crippen LogP contribution in [0.2, 0.25) is 0 Å². The summed E-state index contributed by atoms with van der Waals surface area (Å²) in [5.74, 6) is 0.212. The van der Waals surface area contributed by atoms with Gasteiger partial charge in [0.1, 0.15) is 5.82 Å². The van der Waals surface area contributed by atoms with E-state index < -0.39 is 0 Å². The molecule has 6 heteroatoms. The number of amides is 2. The molecule has 0 aliphatic rings. The third-order valence-corrected chi connectivity index (χ3v) is 5.12. The van der Waals surface area contributed by atoms with Gasteiger partial charge in [0.25, 0.3) is 0 Å². The van der Waals surface area contributed by atoms with E-state index in [-0.39, 0.29) is 24.1 Å². The lowest BCUT2D eigenvalue weighted by molar-refractivity contribution is -0.122. The Labute approximate surface area is 163 Å². The molecule has 27 heavy (non-hydrogen) atoms. The lowest BCUT2D eigenvalue weighted by Crippen LogP contribution is -2.35. The number of thioether (sulfide) groups is 1. The van der Waals surface area contributed by atoms with Crippen LogP contribution in [0.25, 0.3) is 0 Å². The first kappa shape index (κ1) is 21.0. The van der Waals surface area contributed by atoms with Gasteiger partial charge in [0.2, 0.25) is 11.8 Å². The Morgan fingerprint density at radius 3 is 2.26 bits per heavy atom. The van der Waals surface area contributed by atoms with Crippen molar-refractivity contribution in [3.63, 3.8) is 0 Å². The summed E-state index contributed by atoms with van der Waals surface area (Å²) < 4.78 is 12.8. The van der Waals surface area contributed by atoms with Crippen LogP contribution in [0.5, 0.6) is 0 Å². The summed E-state index contributed by atoms with van der Waals surface area (Å²) in [7, 11) is 0. The molecule has 0 spiro atoms. The topological polar surface area (TPSA) is 58.2 Å². The van der Waals surface area contributed by atoms with E-state index in [1.54, 1.807) is 23.9 Å². The van der Waals surface area contributed by atoms with E-state index in [1.807, 2.05) is 0 Å². The molecule has 4 nitrogen and oxygen atoms in total. The Hall–Kier alpha value is -2.34. The smallest absolute Gasteiger partial charge is 0.224 e. The number of hydrogen-bond acceptors (Lipinski definition) is 3. The quantitative estimate of drug-likeness (QED) is 0.511. The van der Waals surface area contributed by atoms with Gasteiger partial charge >= 0.3 is 0 Å². The van der Waals surface area contributed by atoms with Crippen LogP contribution in [0, 0.1) is 19.7 Å². The van der Waals surface area contributed by atoms with E-state index in [0.717, 1.165) is 5.56 Å². The van der Waals surface area contributed by atoms with Gasteiger partial charge in [-0.2, -0.15) is 0 Å². The Kier molecular flexibility index (Phi) is 8.33. The van der Waals surface area contributed by atoms with Crippen LogP contribution in [0.1, 0.15) is 23.1 Å². The van der Waals surface area contributed by atoms with Crippen LogP contribution in [0.3, 0.4) is 0 Å². The van der Waals surface area contributed by atoms with E-state index >= 15 is 0 Å². The minimum absolute atomic E-state index is 0.0286. The van der Waals surface area contributed by atoms with Crippen molar-refractivity contribution < 1.29 is 14.0 Å². The van der Waals surface area contributed by atoms with Crippen LogP contribution in [-0.4, -0.2) is 30.7 Å². The molecule has 0 fully saturated rings. The van der Waals surface area contributed by atoms with Gasteiger partial charge in [-0.3, -0.25) is 9.59 Å². The molecule has 0 atom stereocenters. The van der Waals surface area contributed by atoms with Gasteiger partial charge in [-0.1, -0.05) is 18.2 Å². The van der Waals surface area contributed by atoms with Gasteiger partial charge in [0.15, 0.2) is 0 Å². The monoisotopic (exact) mass is 388 g/mol. The molecule has 0 unspecified atom stereocenters. The van der Waals surface area contributed by atoms with Crippen molar-refractivity contribution in [2.24, 2.45) is 0 Å². The van der Waals surface area contributed by atoms with Crippen molar-refractivity contribution in [3.05, 3.63) is 65.0 Å². The molecule has 2 N–H and O–H groups in total. The summed E-state index contributed by atoms with van der Waals surface area (Å²) in [6, 6.07) is 12.1. The highest BCUT2D eigenvalue weighted by atomic mass is 32.2. The molecule has 0 aromatic heterocycles. The minimum atomic E-state index is -0.322. The molecule has 144 valence electrons. The zero-order valence-electron chi connectivity index (χ0n) is 15.7. The first-order valence-electron chi connectivity index (χ1n) is 8.92. The average Bonchev–Trinajstić information content (AvgIpc) is 2.64. The summed E-state index contributed by atoms with van der Waals surface area (Å²) in [6.07, 6.45) is 0.627. The lowest BCUT2D eigenvalue weighted by Gasteiger charge is -2.08. The van der Waals surface area contributed by atoms with Crippen LogP contribution in [0.4, 0.5) is 4.39 Å². The van der Waals surface area contributed by atoms with E-state index in [9.17, 15) is 14.0 Å². The maximum atomic E-state index is 12.8. The number of aryl methyl sites for hydroxylation is 2. The highest BCUT2D eigenvalue weighted by Gasteiger charge is 2.05. The number of nitrogens with one attached hydrogen (secondary N) is 2. The van der Waals surface area contributed by atoms with Gasteiger partial charge in [-0.05, 0) is 54.8 Å². The van der Waals surface area contributed by atoms with Crippen molar-refractivity contribution >= 4 is 23.6 Å². The summed E-state index contributed by atoms with van der Waals surface area (Å²) in [5.41, 5.74) is 3.26. The molecule has 2 aromatic carbocycles. The molecular weight excluding hydrogens is 363 g/mol. The highest BCUT2D eigenvalue weighted by molar-refractivity contribution is 7.99. The number of benzene rings is 2. The number of carbonyl (C=O) groups excluding carboxylic acids is 2. The Bertz CT molecular complexity index is 778. The van der Waals surface area contributed by atoms with Crippen LogP contribution < -0.4 is 10.6 Å². The normalized spacial score (nSPS) is 10.5. The van der Waals surface area contributed by atoms with Crippen LogP contribution >= 0.6 is 11.8 Å². The average molecular weight is 389 g/mol. The summed E-state index contributed by atoms with van der Waals surface area (Å²) in [4.78, 5) is 24.8. The van der Waals surface area contributed by atoms with Gasteiger partial charge in [-0.15, -0.1) is 11.8 Å². The van der Waals surface area contributed by atoms with E-state index in [2.05, 4.69) is 42.7 Å². The molecule has 0 heterocycles. The molecular formula is C21H25FN2O2S. The molecule has 2 aromatic rings. The van der Waals surface area contributed by atoms with Crippen LogP contribution in [0.15, 0.2) is 47.4 Å². The van der Waals surface area contributed by atoms with E-state index in [4.69, 9.17) is 0 Å². The Morgan fingerprint density at radius 2 is 1.59 bits per heavy atom. The van der Waals surface area contributed by atoms with E-state index in [1.165, 1.54) is 28.2 Å². The van der Waals surface area contributed by atoms with E-state index in [0.29, 0.717) is 25.3 Å². The second-order valence-electron chi connectivity index (χ2n) is 6.35. The van der Waals surface area contributed by atoms with Gasteiger partial charge in [0.05, 0.1) is 6.42 Å². The number of carbonyl (C=O) groups is 2. The standard InChI is InChI=1S/C21H25FN2O2S/c1-15-3-8-19(13-16(15)2)27-12-9-20(25)23-10-11-24-21(26)14-17-4-6-18(22)7-5-17/h3-8,13H,9-12,14H2,1-2H3,(H,23,25)(H,24,26). The molecule has 0 saturated heterocycles. The molecule has 0 saturated carbocycles. The zero-order chi connectivity index (χ0) is 19.6. The van der Waals surface area contributed by atoms with Crippen LogP contribution in [-0.2, 0) is 16.0 Å². The first-order valence-corrected chi connectivity index (χ1v) is 9.90. The fourth-order valence-electron chi connectivity index (χ4n) is 2.41. The SMILES string of the molecule is Cc1ccc(SCCC(=O)NCCNC(=O)Cc2ccc(F)cc2)cc1C. The number of halogens is 1. The van der Waals surface area contributed by atoms with Crippen molar-refractivity contribution in [3.8, 4) is 0 Å². The van der Waals surface area contributed by atoms with Crippen molar-refractivity contribution in [1.29, 1.82) is 0 Å². The van der Waals surface area contributed by atoms with Crippen molar-refractivity contribution in [1.82, 2.24) is 10.6 Å². The summed E-state index contributed by atoms with van der Waals surface area (Å²) in [6.45, 7) is 4.92. The maximum Gasteiger partial charge on any atom is 0.224 e. The predicted molar refractivity (Wildman–Crippen MR) is 107 cm³/mol. The predicted octanol–water partition coefficient (Wildman–Crippen LogP) is 3.40. The largest absolute Gasteiger partial charge is 0.354 e. The first-order chi connectivity index (χ1) is 12.9. The third kappa shape index (κ3) is 7.83. The minimum Gasteiger partial charge on any atom is -0.354 e. The zero-order valence-corrected chi connectivity index (χ0v) is 16.5. The molecule has 0 radical (unpaired) electrons. The van der Waals surface area contributed by atoms with Gasteiger partial charge in [-0.25, -0.2) is 4.39 Å². The molecule has 2 rings (SSSR count). The Balaban J connectivity index is 1.56. The molecule has 0 aliphatic carbocycles. The number of rotatable bonds is 9. The molecule has 0 aliphatic heterocycles. The molecule has 2 amide bonds. The molecule has 0 bridgehead atoms. The maximum absolute atomic E-state index is 12.8. The van der Waals surface area contributed by atoms with Crippen molar-refractivity contribution in [2.45, 2.75) is 31.6 Å².